The Balaban J connectivity index is 1.67. The quantitative estimate of drug-likeness (QED) is 0.484. The number of ether oxygens (including phenoxy) is 2. The van der Waals surface area contributed by atoms with Crippen molar-refractivity contribution < 1.29 is 18.7 Å². The Hall–Kier alpha value is -2.75. The minimum absolute atomic E-state index is 0.0904. The summed E-state index contributed by atoms with van der Waals surface area (Å²) in [5.41, 5.74) is 0.567. The standard InChI is InChI=1S/C16H12O4/c17-14(6-2-1-4-13-5-3-9-18-13)12-7-8-15-16(10-12)20-11-19-15/h1-10H,11H2/b4-1+,6-2+. The summed E-state index contributed by atoms with van der Waals surface area (Å²) in [4.78, 5) is 12.0. The Morgan fingerprint density at radius 1 is 1.10 bits per heavy atom. The van der Waals surface area contributed by atoms with E-state index >= 15 is 0 Å². The third kappa shape index (κ3) is 2.64. The number of carbonyl (C=O) groups excluding carboxylic acids is 1. The van der Waals surface area contributed by atoms with Crippen molar-refractivity contribution in [1.29, 1.82) is 0 Å². The largest absolute Gasteiger partial charge is 0.465 e. The number of hydrogen-bond acceptors (Lipinski definition) is 4. The molecule has 1 aromatic heterocycles. The molecule has 1 aromatic carbocycles. The van der Waals surface area contributed by atoms with Gasteiger partial charge in [0, 0.05) is 5.56 Å². The highest BCUT2D eigenvalue weighted by Gasteiger charge is 2.14. The number of ketones is 1. The highest BCUT2D eigenvalue weighted by Crippen LogP contribution is 2.32. The maximum Gasteiger partial charge on any atom is 0.231 e. The van der Waals surface area contributed by atoms with Gasteiger partial charge in [0.05, 0.1) is 6.26 Å². The number of benzene rings is 1. The number of hydrogen-bond donors (Lipinski definition) is 0. The molecule has 2 heterocycles. The van der Waals surface area contributed by atoms with Crippen molar-refractivity contribution in [3.8, 4) is 11.5 Å². The summed E-state index contributed by atoms with van der Waals surface area (Å²) in [7, 11) is 0. The fourth-order valence-corrected chi connectivity index (χ4v) is 1.83. The van der Waals surface area contributed by atoms with Gasteiger partial charge in [-0.05, 0) is 42.5 Å². The third-order valence-corrected chi connectivity index (χ3v) is 2.82. The molecule has 1 aliphatic rings. The topological polar surface area (TPSA) is 48.7 Å². The predicted octanol–water partition coefficient (Wildman–Crippen LogP) is 3.46. The SMILES string of the molecule is O=C(/C=C/C=C/c1ccco1)c1ccc2c(c1)OCO2. The van der Waals surface area contributed by atoms with E-state index in [0.29, 0.717) is 17.1 Å². The summed E-state index contributed by atoms with van der Waals surface area (Å²) >= 11 is 0. The molecule has 0 fully saturated rings. The van der Waals surface area contributed by atoms with Crippen LogP contribution in [-0.4, -0.2) is 12.6 Å². The van der Waals surface area contributed by atoms with E-state index in [-0.39, 0.29) is 12.6 Å². The zero-order chi connectivity index (χ0) is 13.8. The molecule has 2 aromatic rings. The van der Waals surface area contributed by atoms with Crippen LogP contribution in [0, 0.1) is 0 Å². The van der Waals surface area contributed by atoms with Crippen molar-refractivity contribution in [2.45, 2.75) is 0 Å². The van der Waals surface area contributed by atoms with Crippen LogP contribution in [0.5, 0.6) is 11.5 Å². The van der Waals surface area contributed by atoms with Crippen molar-refractivity contribution in [1.82, 2.24) is 0 Å². The van der Waals surface area contributed by atoms with Gasteiger partial charge in [0.2, 0.25) is 6.79 Å². The normalized spacial score (nSPS) is 13.4. The minimum Gasteiger partial charge on any atom is -0.465 e. The summed E-state index contributed by atoms with van der Waals surface area (Å²) in [6.07, 6.45) is 8.31. The molecule has 20 heavy (non-hydrogen) atoms. The Morgan fingerprint density at radius 2 is 2.00 bits per heavy atom. The first-order chi connectivity index (χ1) is 9.83. The zero-order valence-corrected chi connectivity index (χ0v) is 10.6. The molecule has 0 unspecified atom stereocenters. The molecular weight excluding hydrogens is 256 g/mol. The molecule has 4 nitrogen and oxygen atoms in total. The van der Waals surface area contributed by atoms with E-state index < -0.39 is 0 Å². The van der Waals surface area contributed by atoms with Crippen LogP contribution in [0.3, 0.4) is 0 Å². The van der Waals surface area contributed by atoms with Gasteiger partial charge in [-0.1, -0.05) is 12.2 Å². The average molecular weight is 268 g/mol. The van der Waals surface area contributed by atoms with Crippen LogP contribution in [0.1, 0.15) is 16.1 Å². The van der Waals surface area contributed by atoms with Crippen LogP contribution in [0.15, 0.2) is 59.2 Å². The van der Waals surface area contributed by atoms with E-state index in [0.717, 1.165) is 5.76 Å². The van der Waals surface area contributed by atoms with E-state index in [2.05, 4.69) is 0 Å². The van der Waals surface area contributed by atoms with E-state index in [1.807, 2.05) is 6.07 Å². The lowest BCUT2D eigenvalue weighted by atomic mass is 10.1. The number of furan rings is 1. The summed E-state index contributed by atoms with van der Waals surface area (Å²) in [6.45, 7) is 0.203. The van der Waals surface area contributed by atoms with Crippen molar-refractivity contribution in [2.24, 2.45) is 0 Å². The lowest BCUT2D eigenvalue weighted by Crippen LogP contribution is -1.94. The monoisotopic (exact) mass is 268 g/mol. The molecule has 0 N–H and O–H groups in total. The van der Waals surface area contributed by atoms with Gasteiger partial charge < -0.3 is 13.9 Å². The molecule has 0 aliphatic carbocycles. The molecule has 3 rings (SSSR count). The third-order valence-electron chi connectivity index (χ3n) is 2.82. The van der Waals surface area contributed by atoms with Crippen molar-refractivity contribution >= 4 is 11.9 Å². The Labute approximate surface area is 115 Å². The number of rotatable bonds is 4. The lowest BCUT2D eigenvalue weighted by molar-refractivity contribution is 0.104. The maximum atomic E-state index is 12.0. The van der Waals surface area contributed by atoms with Gasteiger partial charge >= 0.3 is 0 Å². The van der Waals surface area contributed by atoms with Crippen LogP contribution in [-0.2, 0) is 0 Å². The van der Waals surface area contributed by atoms with Gasteiger partial charge in [-0.25, -0.2) is 0 Å². The van der Waals surface area contributed by atoms with Crippen LogP contribution in [0.25, 0.3) is 6.08 Å². The number of allylic oxidation sites excluding steroid dienone is 3. The maximum absolute atomic E-state index is 12.0. The fourth-order valence-electron chi connectivity index (χ4n) is 1.83. The first-order valence-corrected chi connectivity index (χ1v) is 6.15. The van der Waals surface area contributed by atoms with Gasteiger partial charge in [-0.2, -0.15) is 0 Å². The summed E-state index contributed by atoms with van der Waals surface area (Å²) < 4.78 is 15.6. The Bertz CT molecular complexity index is 666. The molecule has 1 aliphatic heterocycles. The summed E-state index contributed by atoms with van der Waals surface area (Å²) in [6, 6.07) is 8.79. The molecule has 0 amide bonds. The van der Waals surface area contributed by atoms with Crippen molar-refractivity contribution in [2.75, 3.05) is 6.79 Å². The Kier molecular flexibility index (Phi) is 3.37. The van der Waals surface area contributed by atoms with Crippen LogP contribution in [0.2, 0.25) is 0 Å². The Morgan fingerprint density at radius 3 is 2.85 bits per heavy atom. The fraction of sp³-hybridized carbons (Fsp3) is 0.0625. The van der Waals surface area contributed by atoms with Crippen molar-refractivity contribution in [3.63, 3.8) is 0 Å². The average Bonchev–Trinajstić information content (AvgIpc) is 3.13. The first kappa shape index (κ1) is 12.3. The highest BCUT2D eigenvalue weighted by molar-refractivity contribution is 6.05. The van der Waals surface area contributed by atoms with E-state index in [4.69, 9.17) is 13.9 Å². The van der Waals surface area contributed by atoms with Crippen LogP contribution >= 0.6 is 0 Å². The van der Waals surface area contributed by atoms with E-state index in [1.165, 1.54) is 6.08 Å². The zero-order valence-electron chi connectivity index (χ0n) is 10.6. The highest BCUT2D eigenvalue weighted by atomic mass is 16.7. The summed E-state index contributed by atoms with van der Waals surface area (Å²) in [5, 5.41) is 0. The molecule has 0 atom stereocenters. The van der Waals surface area contributed by atoms with E-state index in [9.17, 15) is 4.79 Å². The molecule has 0 bridgehead atoms. The molecule has 0 saturated heterocycles. The molecule has 0 saturated carbocycles. The van der Waals surface area contributed by atoms with Gasteiger partial charge in [-0.3, -0.25) is 4.79 Å². The van der Waals surface area contributed by atoms with Gasteiger partial charge in [0.25, 0.3) is 0 Å². The second kappa shape index (κ2) is 5.48. The molecule has 0 radical (unpaired) electrons. The molecule has 4 heteroatoms. The number of fused-ring (bicyclic) bond motifs is 1. The second-order valence-electron chi connectivity index (χ2n) is 4.17. The molecule has 100 valence electrons. The number of carbonyl (C=O) groups is 1. The van der Waals surface area contributed by atoms with E-state index in [1.54, 1.807) is 48.8 Å². The van der Waals surface area contributed by atoms with Crippen LogP contribution in [0.4, 0.5) is 0 Å². The molecule has 0 spiro atoms. The van der Waals surface area contributed by atoms with Crippen LogP contribution < -0.4 is 9.47 Å². The predicted molar refractivity (Wildman–Crippen MR) is 73.8 cm³/mol. The lowest BCUT2D eigenvalue weighted by Gasteiger charge is -1.98. The van der Waals surface area contributed by atoms with Gasteiger partial charge in [-0.15, -0.1) is 0 Å². The van der Waals surface area contributed by atoms with Gasteiger partial charge in [0.15, 0.2) is 17.3 Å². The van der Waals surface area contributed by atoms with Crippen molar-refractivity contribution in [3.05, 3.63) is 66.1 Å². The smallest absolute Gasteiger partial charge is 0.231 e. The first-order valence-electron chi connectivity index (χ1n) is 6.15. The minimum atomic E-state index is -0.0904. The molecular formula is C16H12O4. The van der Waals surface area contributed by atoms with Gasteiger partial charge in [0.1, 0.15) is 5.76 Å². The second-order valence-corrected chi connectivity index (χ2v) is 4.17. The summed E-state index contributed by atoms with van der Waals surface area (Å²) in [5.74, 6) is 1.93.